The molecule has 94 valence electrons. The van der Waals surface area contributed by atoms with Crippen LogP contribution in [0.4, 0.5) is 5.69 Å². The van der Waals surface area contributed by atoms with Gasteiger partial charge in [-0.05, 0) is 6.07 Å². The number of nitrogen functional groups attached to an aromatic ring is 1. The molecule has 0 saturated heterocycles. The third kappa shape index (κ3) is 3.01. The van der Waals surface area contributed by atoms with Crippen molar-refractivity contribution >= 4 is 11.6 Å². The van der Waals surface area contributed by atoms with Crippen LogP contribution in [-0.2, 0) is 0 Å². The van der Waals surface area contributed by atoms with Crippen molar-refractivity contribution in [2.24, 2.45) is 5.73 Å². The molecule has 0 aliphatic rings. The monoisotopic (exact) mass is 239 g/mol. The maximum absolute atomic E-state index is 11.8. The molecule has 1 rings (SSSR count). The average Bonchev–Trinajstić information content (AvgIpc) is 2.35. The Bertz CT molecular complexity index is 407. The van der Waals surface area contributed by atoms with E-state index in [9.17, 15) is 4.79 Å². The van der Waals surface area contributed by atoms with Crippen LogP contribution < -0.4 is 26.3 Å². The zero-order chi connectivity index (χ0) is 12.8. The SMILES string of the molecule is COc1cc(OC)c(C(=O)NCCN)cc1N. The first-order valence-corrected chi connectivity index (χ1v) is 5.13. The van der Waals surface area contributed by atoms with Crippen LogP contribution in [0.5, 0.6) is 11.5 Å². The molecule has 0 fully saturated rings. The van der Waals surface area contributed by atoms with E-state index < -0.39 is 0 Å². The highest BCUT2D eigenvalue weighted by molar-refractivity contribution is 5.98. The fraction of sp³-hybridized carbons (Fsp3) is 0.364. The summed E-state index contributed by atoms with van der Waals surface area (Å²) in [6.07, 6.45) is 0. The maximum atomic E-state index is 11.8. The van der Waals surface area contributed by atoms with Gasteiger partial charge in [0.2, 0.25) is 0 Å². The highest BCUT2D eigenvalue weighted by atomic mass is 16.5. The van der Waals surface area contributed by atoms with Crippen molar-refractivity contribution in [3.8, 4) is 11.5 Å². The Morgan fingerprint density at radius 1 is 1.29 bits per heavy atom. The minimum absolute atomic E-state index is 0.276. The predicted octanol–water partition coefficient (Wildman–Crippen LogP) is -0.0255. The summed E-state index contributed by atoms with van der Waals surface area (Å²) in [7, 11) is 2.98. The molecule has 0 heterocycles. The molecule has 6 nitrogen and oxygen atoms in total. The van der Waals surface area contributed by atoms with E-state index in [1.54, 1.807) is 6.07 Å². The van der Waals surface area contributed by atoms with Crippen LogP contribution in [0.1, 0.15) is 10.4 Å². The van der Waals surface area contributed by atoms with Crippen LogP contribution in [0.3, 0.4) is 0 Å². The number of nitrogens with two attached hydrogens (primary N) is 2. The fourth-order valence-corrected chi connectivity index (χ4v) is 1.38. The Balaban J connectivity index is 3.05. The molecular weight excluding hydrogens is 222 g/mol. The van der Waals surface area contributed by atoms with E-state index in [2.05, 4.69) is 5.32 Å². The molecule has 1 amide bonds. The maximum Gasteiger partial charge on any atom is 0.255 e. The Morgan fingerprint density at radius 3 is 2.47 bits per heavy atom. The lowest BCUT2D eigenvalue weighted by Crippen LogP contribution is -2.29. The number of hydrogen-bond donors (Lipinski definition) is 3. The van der Waals surface area contributed by atoms with E-state index in [-0.39, 0.29) is 5.91 Å². The summed E-state index contributed by atoms with van der Waals surface area (Å²) in [6.45, 7) is 0.771. The molecule has 0 atom stereocenters. The van der Waals surface area contributed by atoms with Crippen LogP contribution in [-0.4, -0.2) is 33.2 Å². The molecule has 17 heavy (non-hydrogen) atoms. The van der Waals surface area contributed by atoms with Gasteiger partial charge < -0.3 is 26.3 Å². The van der Waals surface area contributed by atoms with Crippen molar-refractivity contribution in [3.05, 3.63) is 17.7 Å². The van der Waals surface area contributed by atoms with Gasteiger partial charge in [0.1, 0.15) is 11.5 Å². The third-order valence-electron chi connectivity index (χ3n) is 2.23. The molecule has 0 bridgehead atoms. The summed E-state index contributed by atoms with van der Waals surface area (Å²) < 4.78 is 10.2. The van der Waals surface area contributed by atoms with Crippen molar-refractivity contribution in [1.29, 1.82) is 0 Å². The van der Waals surface area contributed by atoms with Gasteiger partial charge in [0.05, 0.1) is 25.5 Å². The first-order valence-electron chi connectivity index (χ1n) is 5.13. The van der Waals surface area contributed by atoms with Gasteiger partial charge in [-0.15, -0.1) is 0 Å². The highest BCUT2D eigenvalue weighted by Crippen LogP contribution is 2.30. The van der Waals surface area contributed by atoms with Gasteiger partial charge in [-0.3, -0.25) is 4.79 Å². The lowest BCUT2D eigenvalue weighted by molar-refractivity contribution is 0.0951. The zero-order valence-corrected chi connectivity index (χ0v) is 9.95. The van der Waals surface area contributed by atoms with Crippen molar-refractivity contribution in [3.63, 3.8) is 0 Å². The number of carbonyl (C=O) groups excluding carboxylic acids is 1. The van der Waals surface area contributed by atoms with Gasteiger partial charge in [-0.25, -0.2) is 0 Å². The molecule has 0 unspecified atom stereocenters. The van der Waals surface area contributed by atoms with Crippen LogP contribution in [0, 0.1) is 0 Å². The summed E-state index contributed by atoms with van der Waals surface area (Å²) >= 11 is 0. The molecule has 6 heteroatoms. The van der Waals surface area contributed by atoms with Crippen LogP contribution in [0.2, 0.25) is 0 Å². The Morgan fingerprint density at radius 2 is 1.94 bits per heavy atom. The van der Waals surface area contributed by atoms with E-state index in [0.717, 1.165) is 0 Å². The summed E-state index contributed by atoms with van der Waals surface area (Å²) in [5.41, 5.74) is 11.8. The van der Waals surface area contributed by atoms with E-state index in [4.69, 9.17) is 20.9 Å². The predicted molar refractivity (Wildman–Crippen MR) is 65.3 cm³/mol. The minimum Gasteiger partial charge on any atom is -0.496 e. The molecule has 0 radical (unpaired) electrons. The number of benzene rings is 1. The van der Waals surface area contributed by atoms with Crippen molar-refractivity contribution in [2.75, 3.05) is 33.0 Å². The number of amides is 1. The number of nitrogens with one attached hydrogen (secondary N) is 1. The number of hydrogen-bond acceptors (Lipinski definition) is 5. The van der Waals surface area contributed by atoms with Gasteiger partial charge in [-0.2, -0.15) is 0 Å². The van der Waals surface area contributed by atoms with Gasteiger partial charge in [0.25, 0.3) is 5.91 Å². The molecule has 0 saturated carbocycles. The van der Waals surface area contributed by atoms with E-state index >= 15 is 0 Å². The Hall–Kier alpha value is -1.95. The van der Waals surface area contributed by atoms with Crippen molar-refractivity contribution in [2.45, 2.75) is 0 Å². The molecule has 0 aliphatic heterocycles. The third-order valence-corrected chi connectivity index (χ3v) is 2.23. The highest BCUT2D eigenvalue weighted by Gasteiger charge is 2.15. The van der Waals surface area contributed by atoms with E-state index in [0.29, 0.717) is 35.8 Å². The number of methoxy groups -OCH3 is 2. The number of carbonyl (C=O) groups is 1. The van der Waals surface area contributed by atoms with Crippen LogP contribution in [0.25, 0.3) is 0 Å². The quantitative estimate of drug-likeness (QED) is 0.627. The summed E-state index contributed by atoms with van der Waals surface area (Å²) in [6, 6.07) is 3.09. The minimum atomic E-state index is -0.276. The topological polar surface area (TPSA) is 99.6 Å². The number of rotatable bonds is 5. The zero-order valence-electron chi connectivity index (χ0n) is 9.95. The fourth-order valence-electron chi connectivity index (χ4n) is 1.38. The first-order chi connectivity index (χ1) is 8.13. The molecule has 0 spiro atoms. The Kier molecular flexibility index (Phi) is 4.59. The summed E-state index contributed by atoms with van der Waals surface area (Å²) in [5, 5.41) is 2.65. The first kappa shape index (κ1) is 13.1. The average molecular weight is 239 g/mol. The molecular formula is C11H17N3O3. The number of anilines is 1. The summed E-state index contributed by atoms with van der Waals surface area (Å²) in [4.78, 5) is 11.8. The second kappa shape index (κ2) is 5.95. The second-order valence-corrected chi connectivity index (χ2v) is 3.34. The van der Waals surface area contributed by atoms with Gasteiger partial charge in [0, 0.05) is 19.2 Å². The molecule has 0 aliphatic carbocycles. The normalized spacial score (nSPS) is 9.82. The van der Waals surface area contributed by atoms with Crippen molar-refractivity contribution in [1.82, 2.24) is 5.32 Å². The van der Waals surface area contributed by atoms with Crippen LogP contribution >= 0.6 is 0 Å². The van der Waals surface area contributed by atoms with E-state index in [1.165, 1.54) is 20.3 Å². The molecule has 0 aromatic heterocycles. The second-order valence-electron chi connectivity index (χ2n) is 3.34. The molecule has 1 aromatic rings. The van der Waals surface area contributed by atoms with Crippen LogP contribution in [0.15, 0.2) is 12.1 Å². The largest absolute Gasteiger partial charge is 0.496 e. The lowest BCUT2D eigenvalue weighted by Gasteiger charge is -2.12. The van der Waals surface area contributed by atoms with Crippen molar-refractivity contribution < 1.29 is 14.3 Å². The smallest absolute Gasteiger partial charge is 0.255 e. The van der Waals surface area contributed by atoms with Gasteiger partial charge >= 0.3 is 0 Å². The van der Waals surface area contributed by atoms with Gasteiger partial charge in [0.15, 0.2) is 0 Å². The molecule has 5 N–H and O–H groups in total. The molecule has 1 aromatic carbocycles. The Labute approximate surface area is 99.9 Å². The number of ether oxygens (including phenoxy) is 2. The summed E-state index contributed by atoms with van der Waals surface area (Å²) in [5.74, 6) is 0.601. The van der Waals surface area contributed by atoms with Gasteiger partial charge in [-0.1, -0.05) is 0 Å². The lowest BCUT2D eigenvalue weighted by atomic mass is 10.1. The van der Waals surface area contributed by atoms with E-state index in [1.807, 2.05) is 0 Å². The standard InChI is InChI=1S/C11H17N3O3/c1-16-9-6-10(17-2)8(13)5-7(9)11(15)14-4-3-12/h5-6H,3-4,12-13H2,1-2H3,(H,14,15).